The van der Waals surface area contributed by atoms with Crippen LogP contribution in [0.15, 0.2) is 37.1 Å². The summed E-state index contributed by atoms with van der Waals surface area (Å²) in [5, 5.41) is 3.01. The highest BCUT2D eigenvalue weighted by Crippen LogP contribution is 2.34. The molecular formula is C17H19N5O2. The van der Waals surface area contributed by atoms with Gasteiger partial charge in [-0.1, -0.05) is 0 Å². The Morgan fingerprint density at radius 3 is 2.96 bits per heavy atom. The quantitative estimate of drug-likeness (QED) is 0.800. The number of pyridine rings is 1. The third kappa shape index (κ3) is 2.46. The molecule has 1 N–H and O–H groups in total. The number of carbonyl (C=O) groups is 1. The maximum Gasteiger partial charge on any atom is 0.230 e. The first-order chi connectivity index (χ1) is 11.6. The molecule has 1 amide bonds. The number of carbonyl (C=O) groups excluding carboxylic acids is 1. The Labute approximate surface area is 139 Å². The fraction of sp³-hybridized carbons (Fsp3) is 0.353. The van der Waals surface area contributed by atoms with Crippen molar-refractivity contribution in [2.45, 2.75) is 19.4 Å². The summed E-state index contributed by atoms with van der Waals surface area (Å²) < 4.78 is 9.58. The zero-order valence-electron chi connectivity index (χ0n) is 13.6. The SMILES string of the molecule is Cc1cc(NC(=O)[C@@H]2CCO[C@H]2c2nccn2C)cn2ccnc12. The number of nitrogens with zero attached hydrogens (tertiary/aromatic N) is 4. The predicted molar refractivity (Wildman–Crippen MR) is 88.6 cm³/mol. The highest BCUT2D eigenvalue weighted by Gasteiger charge is 2.37. The van der Waals surface area contributed by atoms with Crippen LogP contribution < -0.4 is 5.32 Å². The smallest absolute Gasteiger partial charge is 0.230 e. The van der Waals surface area contributed by atoms with Crippen LogP contribution in [-0.2, 0) is 16.6 Å². The summed E-state index contributed by atoms with van der Waals surface area (Å²) in [7, 11) is 1.91. The van der Waals surface area contributed by atoms with E-state index < -0.39 is 0 Å². The van der Waals surface area contributed by atoms with Crippen molar-refractivity contribution in [1.82, 2.24) is 18.9 Å². The summed E-state index contributed by atoms with van der Waals surface area (Å²) >= 11 is 0. The Morgan fingerprint density at radius 1 is 1.33 bits per heavy atom. The Morgan fingerprint density at radius 2 is 2.17 bits per heavy atom. The van der Waals surface area contributed by atoms with E-state index in [4.69, 9.17) is 4.74 Å². The monoisotopic (exact) mass is 325 g/mol. The van der Waals surface area contributed by atoms with Crippen molar-refractivity contribution in [3.8, 4) is 0 Å². The molecule has 1 aliphatic heterocycles. The van der Waals surface area contributed by atoms with E-state index in [1.54, 1.807) is 12.4 Å². The van der Waals surface area contributed by atoms with Gasteiger partial charge >= 0.3 is 0 Å². The average Bonchev–Trinajstić information content (AvgIpc) is 3.25. The second-order valence-electron chi connectivity index (χ2n) is 6.14. The van der Waals surface area contributed by atoms with Crippen LogP contribution in [0.2, 0.25) is 0 Å². The number of fused-ring (bicyclic) bond motifs is 1. The van der Waals surface area contributed by atoms with E-state index in [9.17, 15) is 4.79 Å². The highest BCUT2D eigenvalue weighted by molar-refractivity contribution is 5.93. The molecule has 4 heterocycles. The molecule has 0 saturated carbocycles. The molecule has 0 aliphatic carbocycles. The van der Waals surface area contributed by atoms with Crippen molar-refractivity contribution in [3.05, 3.63) is 48.4 Å². The molecule has 24 heavy (non-hydrogen) atoms. The predicted octanol–water partition coefficient (Wildman–Crippen LogP) is 2.09. The Balaban J connectivity index is 1.57. The molecule has 7 nitrogen and oxygen atoms in total. The zero-order chi connectivity index (χ0) is 16.7. The zero-order valence-corrected chi connectivity index (χ0v) is 13.6. The lowest BCUT2D eigenvalue weighted by Gasteiger charge is -2.18. The fourth-order valence-electron chi connectivity index (χ4n) is 3.27. The average molecular weight is 325 g/mol. The number of imidazole rings is 2. The molecule has 0 radical (unpaired) electrons. The number of hydrogen-bond donors (Lipinski definition) is 1. The third-order valence-corrected chi connectivity index (χ3v) is 4.48. The van der Waals surface area contributed by atoms with E-state index in [1.165, 1.54) is 0 Å². The third-order valence-electron chi connectivity index (χ3n) is 4.48. The second kappa shape index (κ2) is 5.76. The normalized spacial score (nSPS) is 20.6. The van der Waals surface area contributed by atoms with Crippen LogP contribution in [0.1, 0.15) is 23.9 Å². The maximum absolute atomic E-state index is 12.8. The molecule has 0 aromatic carbocycles. The summed E-state index contributed by atoms with van der Waals surface area (Å²) in [5.41, 5.74) is 2.66. The second-order valence-corrected chi connectivity index (χ2v) is 6.14. The fourth-order valence-corrected chi connectivity index (χ4v) is 3.27. The van der Waals surface area contributed by atoms with Gasteiger partial charge in [-0.25, -0.2) is 9.97 Å². The van der Waals surface area contributed by atoms with Gasteiger partial charge in [-0.15, -0.1) is 0 Å². The van der Waals surface area contributed by atoms with Crippen molar-refractivity contribution in [2.24, 2.45) is 13.0 Å². The lowest BCUT2D eigenvalue weighted by Crippen LogP contribution is -2.26. The minimum absolute atomic E-state index is 0.0423. The molecular weight excluding hydrogens is 306 g/mol. The summed E-state index contributed by atoms with van der Waals surface area (Å²) in [6, 6.07) is 1.94. The van der Waals surface area contributed by atoms with E-state index in [0.29, 0.717) is 13.0 Å². The van der Waals surface area contributed by atoms with E-state index in [-0.39, 0.29) is 17.9 Å². The summed E-state index contributed by atoms with van der Waals surface area (Å²) in [4.78, 5) is 21.4. The summed E-state index contributed by atoms with van der Waals surface area (Å²) in [6.07, 6.45) is 9.46. The molecule has 7 heteroatoms. The number of nitrogens with one attached hydrogen (secondary N) is 1. The van der Waals surface area contributed by atoms with Gasteiger partial charge in [0.05, 0.1) is 11.6 Å². The van der Waals surface area contributed by atoms with Gasteiger partial charge < -0.3 is 19.0 Å². The number of hydrogen-bond acceptors (Lipinski definition) is 4. The van der Waals surface area contributed by atoms with Gasteiger partial charge in [-0.3, -0.25) is 4.79 Å². The van der Waals surface area contributed by atoms with Crippen LogP contribution in [-0.4, -0.2) is 31.4 Å². The molecule has 2 atom stereocenters. The van der Waals surface area contributed by atoms with Gasteiger partial charge in [-0.05, 0) is 25.0 Å². The minimum atomic E-state index is -0.303. The lowest BCUT2D eigenvalue weighted by atomic mass is 9.99. The van der Waals surface area contributed by atoms with Crippen molar-refractivity contribution < 1.29 is 9.53 Å². The first-order valence-corrected chi connectivity index (χ1v) is 7.96. The van der Waals surface area contributed by atoms with E-state index in [0.717, 1.165) is 22.7 Å². The Hall–Kier alpha value is -2.67. The first kappa shape index (κ1) is 14.9. The van der Waals surface area contributed by atoms with E-state index >= 15 is 0 Å². The van der Waals surface area contributed by atoms with Crippen molar-refractivity contribution >= 4 is 17.2 Å². The van der Waals surface area contributed by atoms with Crippen molar-refractivity contribution in [3.63, 3.8) is 0 Å². The van der Waals surface area contributed by atoms with Crippen molar-refractivity contribution in [2.75, 3.05) is 11.9 Å². The molecule has 124 valence electrons. The van der Waals surface area contributed by atoms with Gasteiger partial charge in [-0.2, -0.15) is 0 Å². The Kier molecular flexibility index (Phi) is 3.57. The molecule has 1 saturated heterocycles. The van der Waals surface area contributed by atoms with Crippen LogP contribution >= 0.6 is 0 Å². The molecule has 1 fully saturated rings. The maximum atomic E-state index is 12.8. The highest BCUT2D eigenvalue weighted by atomic mass is 16.5. The topological polar surface area (TPSA) is 73.5 Å². The van der Waals surface area contributed by atoms with Gasteiger partial charge in [0.25, 0.3) is 0 Å². The molecule has 0 spiro atoms. The molecule has 1 aliphatic rings. The lowest BCUT2D eigenvalue weighted by molar-refractivity contribution is -0.121. The largest absolute Gasteiger partial charge is 0.369 e. The summed E-state index contributed by atoms with van der Waals surface area (Å²) in [6.45, 7) is 2.54. The summed E-state index contributed by atoms with van der Waals surface area (Å²) in [5.74, 6) is 0.498. The number of aromatic nitrogens is 4. The number of ether oxygens (including phenoxy) is 1. The molecule has 0 unspecified atom stereocenters. The number of aryl methyl sites for hydroxylation is 2. The molecule has 4 rings (SSSR count). The number of anilines is 1. The van der Waals surface area contributed by atoms with Crippen LogP contribution in [0.25, 0.3) is 5.65 Å². The molecule has 3 aromatic rings. The van der Waals surface area contributed by atoms with Crippen LogP contribution in [0.4, 0.5) is 5.69 Å². The number of amides is 1. The molecule has 0 bridgehead atoms. The van der Waals surface area contributed by atoms with Crippen LogP contribution in [0, 0.1) is 12.8 Å². The van der Waals surface area contributed by atoms with Crippen LogP contribution in [0.5, 0.6) is 0 Å². The van der Waals surface area contributed by atoms with Gasteiger partial charge in [0.15, 0.2) is 0 Å². The minimum Gasteiger partial charge on any atom is -0.369 e. The first-order valence-electron chi connectivity index (χ1n) is 7.96. The standard InChI is InChI=1S/C17H19N5O2/c1-11-9-12(10-22-7-5-18-15(11)22)20-17(23)13-3-8-24-14(13)16-19-4-6-21(16)2/h4-7,9-10,13-14H,3,8H2,1-2H3,(H,20,23)/t13-,14-/m1/s1. The van der Waals surface area contributed by atoms with Crippen LogP contribution in [0.3, 0.4) is 0 Å². The number of rotatable bonds is 3. The van der Waals surface area contributed by atoms with Gasteiger partial charge in [0, 0.05) is 44.6 Å². The Bertz CT molecular complexity index is 897. The molecule has 3 aromatic heterocycles. The van der Waals surface area contributed by atoms with E-state index in [2.05, 4.69) is 15.3 Å². The van der Waals surface area contributed by atoms with Gasteiger partial charge in [0.1, 0.15) is 17.6 Å². The van der Waals surface area contributed by atoms with Crippen molar-refractivity contribution in [1.29, 1.82) is 0 Å². The van der Waals surface area contributed by atoms with E-state index in [1.807, 2.05) is 47.6 Å². The van der Waals surface area contributed by atoms with Gasteiger partial charge in [0.2, 0.25) is 5.91 Å².